The lowest BCUT2D eigenvalue weighted by Crippen LogP contribution is -2.48. The van der Waals surface area contributed by atoms with E-state index in [0.717, 1.165) is 13.1 Å². The summed E-state index contributed by atoms with van der Waals surface area (Å²) < 4.78 is 5.74. The molecule has 21 heavy (non-hydrogen) atoms. The van der Waals surface area contributed by atoms with Crippen LogP contribution in [-0.2, 0) is 11.2 Å². The van der Waals surface area contributed by atoms with Gasteiger partial charge in [-0.15, -0.1) is 0 Å². The molecule has 0 aliphatic carbocycles. The lowest BCUT2D eigenvalue weighted by atomic mass is 10.0. The third-order valence-corrected chi connectivity index (χ3v) is 3.99. The number of rotatable bonds is 2. The maximum Gasteiger partial charge on any atom is 0.100 e. The topological polar surface area (TPSA) is 36.3 Å². The van der Waals surface area contributed by atoms with Gasteiger partial charge in [-0.1, -0.05) is 42.5 Å². The van der Waals surface area contributed by atoms with Crippen LogP contribution in [0.2, 0.25) is 0 Å². The predicted molar refractivity (Wildman–Crippen MR) is 87.0 cm³/mol. The number of morpholine rings is 1. The van der Waals surface area contributed by atoms with Crippen LogP contribution in [0, 0.1) is 5.41 Å². The minimum atomic E-state index is 0.200. The Morgan fingerprint density at radius 3 is 2.48 bits per heavy atom. The first-order valence-electron chi connectivity index (χ1n) is 7.57. The van der Waals surface area contributed by atoms with Crippen molar-refractivity contribution in [3.63, 3.8) is 0 Å². The molecule has 3 heteroatoms. The van der Waals surface area contributed by atoms with E-state index < -0.39 is 0 Å². The molecule has 3 nitrogen and oxygen atoms in total. The summed E-state index contributed by atoms with van der Waals surface area (Å²) in [6.07, 6.45) is 1.08. The highest BCUT2D eigenvalue weighted by atomic mass is 16.5. The molecule has 1 fully saturated rings. The molecule has 0 aromatic heterocycles. The van der Waals surface area contributed by atoms with E-state index in [2.05, 4.69) is 61.2 Å². The maximum atomic E-state index is 8.38. The number of fused-ring (bicyclic) bond motifs is 1. The number of ether oxygens (including phenoxy) is 1. The summed E-state index contributed by atoms with van der Waals surface area (Å²) in [6, 6.07) is 14.8. The molecular formula is C18H22N2O. The molecule has 0 bridgehead atoms. The Labute approximate surface area is 126 Å². The Morgan fingerprint density at radius 1 is 1.10 bits per heavy atom. The highest BCUT2D eigenvalue weighted by Gasteiger charge is 2.23. The summed E-state index contributed by atoms with van der Waals surface area (Å²) in [4.78, 5) is 2.15. The average Bonchev–Trinajstić information content (AvgIpc) is 2.46. The van der Waals surface area contributed by atoms with Crippen LogP contribution in [0.1, 0.15) is 19.4 Å². The van der Waals surface area contributed by atoms with Crippen molar-refractivity contribution in [3.8, 4) is 0 Å². The number of hydrogen-bond donors (Lipinski definition) is 1. The van der Waals surface area contributed by atoms with Crippen molar-refractivity contribution >= 4 is 16.6 Å². The van der Waals surface area contributed by atoms with E-state index in [4.69, 9.17) is 10.1 Å². The zero-order chi connectivity index (χ0) is 14.8. The highest BCUT2D eigenvalue weighted by Crippen LogP contribution is 2.18. The lowest BCUT2D eigenvalue weighted by Gasteiger charge is -2.37. The van der Waals surface area contributed by atoms with E-state index >= 15 is 0 Å². The Hall–Kier alpha value is -1.87. The van der Waals surface area contributed by atoms with Crippen LogP contribution < -0.4 is 0 Å². The number of hydrogen-bond acceptors (Lipinski definition) is 2. The Morgan fingerprint density at radius 2 is 1.76 bits per heavy atom. The standard InChI is InChI=1S/C18H22N2O/c1-13-11-20(12-14(2)21-13)18(19)10-15-7-8-16-5-3-4-6-17(16)9-15/h3-9,13-14,19H,10-12H2,1-2H3. The molecule has 1 saturated heterocycles. The third kappa shape index (κ3) is 3.24. The Balaban J connectivity index is 1.73. The third-order valence-electron chi connectivity index (χ3n) is 3.99. The highest BCUT2D eigenvalue weighted by molar-refractivity contribution is 5.86. The first kappa shape index (κ1) is 14.1. The molecule has 110 valence electrons. The van der Waals surface area contributed by atoms with E-state index in [1.54, 1.807) is 0 Å². The smallest absolute Gasteiger partial charge is 0.100 e. The zero-order valence-electron chi connectivity index (χ0n) is 12.7. The molecule has 3 rings (SSSR count). The Bertz CT molecular complexity index is 642. The molecule has 0 saturated carbocycles. The normalized spacial score (nSPS) is 22.5. The average molecular weight is 282 g/mol. The van der Waals surface area contributed by atoms with E-state index in [1.807, 2.05) is 0 Å². The van der Waals surface area contributed by atoms with Crippen molar-refractivity contribution in [3.05, 3.63) is 48.0 Å². The van der Waals surface area contributed by atoms with Crippen LogP contribution >= 0.6 is 0 Å². The van der Waals surface area contributed by atoms with Gasteiger partial charge < -0.3 is 9.64 Å². The fraction of sp³-hybridized carbons (Fsp3) is 0.389. The lowest BCUT2D eigenvalue weighted by molar-refractivity contribution is -0.0486. The van der Waals surface area contributed by atoms with Crippen molar-refractivity contribution < 1.29 is 4.74 Å². The largest absolute Gasteiger partial charge is 0.372 e. The van der Waals surface area contributed by atoms with Gasteiger partial charge in [0, 0.05) is 19.5 Å². The number of benzene rings is 2. The van der Waals surface area contributed by atoms with Gasteiger partial charge in [-0.3, -0.25) is 5.41 Å². The second-order valence-corrected chi connectivity index (χ2v) is 5.97. The van der Waals surface area contributed by atoms with Crippen LogP contribution in [-0.4, -0.2) is 36.0 Å². The minimum absolute atomic E-state index is 0.200. The molecule has 0 amide bonds. The van der Waals surface area contributed by atoms with Gasteiger partial charge in [0.15, 0.2) is 0 Å². The van der Waals surface area contributed by atoms with Gasteiger partial charge in [0.25, 0.3) is 0 Å². The molecule has 1 heterocycles. The number of nitrogens with one attached hydrogen (secondary N) is 1. The molecule has 2 atom stereocenters. The van der Waals surface area contributed by atoms with Crippen LogP contribution in [0.5, 0.6) is 0 Å². The molecule has 2 unspecified atom stereocenters. The van der Waals surface area contributed by atoms with Gasteiger partial charge in [0.2, 0.25) is 0 Å². The molecule has 0 spiro atoms. The maximum absolute atomic E-state index is 8.38. The van der Waals surface area contributed by atoms with Crippen molar-refractivity contribution in [2.24, 2.45) is 0 Å². The van der Waals surface area contributed by atoms with Gasteiger partial charge in [0.1, 0.15) is 5.84 Å². The second kappa shape index (κ2) is 5.86. The first-order valence-corrected chi connectivity index (χ1v) is 7.57. The molecular weight excluding hydrogens is 260 g/mol. The van der Waals surface area contributed by atoms with Crippen molar-refractivity contribution in [1.29, 1.82) is 5.41 Å². The van der Waals surface area contributed by atoms with E-state index in [-0.39, 0.29) is 12.2 Å². The number of nitrogens with zero attached hydrogens (tertiary/aromatic N) is 1. The predicted octanol–water partition coefficient (Wildman–Crippen LogP) is 3.47. The van der Waals surface area contributed by atoms with Gasteiger partial charge in [-0.2, -0.15) is 0 Å². The fourth-order valence-electron chi connectivity index (χ4n) is 3.05. The molecule has 1 N–H and O–H groups in total. The van der Waals surface area contributed by atoms with Crippen LogP contribution in [0.25, 0.3) is 10.8 Å². The molecule has 0 radical (unpaired) electrons. The molecule has 2 aromatic rings. The van der Waals surface area contributed by atoms with Crippen molar-refractivity contribution in [2.75, 3.05) is 13.1 Å². The second-order valence-electron chi connectivity index (χ2n) is 5.97. The fourth-order valence-corrected chi connectivity index (χ4v) is 3.05. The van der Waals surface area contributed by atoms with Gasteiger partial charge in [-0.25, -0.2) is 0 Å². The summed E-state index contributed by atoms with van der Waals surface area (Å²) in [5.41, 5.74) is 1.20. The summed E-state index contributed by atoms with van der Waals surface area (Å²) in [6.45, 7) is 5.78. The van der Waals surface area contributed by atoms with Crippen LogP contribution in [0.3, 0.4) is 0 Å². The zero-order valence-corrected chi connectivity index (χ0v) is 12.7. The van der Waals surface area contributed by atoms with Crippen LogP contribution in [0.15, 0.2) is 42.5 Å². The number of amidine groups is 1. The summed E-state index contributed by atoms with van der Waals surface area (Å²) in [5.74, 6) is 0.687. The summed E-state index contributed by atoms with van der Waals surface area (Å²) >= 11 is 0. The first-order chi connectivity index (χ1) is 10.1. The SMILES string of the molecule is CC1CN(C(=N)Cc2ccc3ccccc3c2)CC(C)O1. The monoisotopic (exact) mass is 282 g/mol. The van der Waals surface area contributed by atoms with Gasteiger partial charge in [-0.05, 0) is 30.2 Å². The molecule has 1 aliphatic rings. The molecule has 2 aromatic carbocycles. The Kier molecular flexibility index (Phi) is 3.93. The quantitative estimate of drug-likeness (QED) is 0.676. The molecule has 1 aliphatic heterocycles. The van der Waals surface area contributed by atoms with Gasteiger partial charge in [0.05, 0.1) is 12.2 Å². The summed E-state index contributed by atoms with van der Waals surface area (Å²) in [7, 11) is 0. The van der Waals surface area contributed by atoms with E-state index in [9.17, 15) is 0 Å². The van der Waals surface area contributed by atoms with E-state index in [0.29, 0.717) is 12.3 Å². The van der Waals surface area contributed by atoms with Crippen molar-refractivity contribution in [1.82, 2.24) is 4.90 Å². The van der Waals surface area contributed by atoms with Gasteiger partial charge >= 0.3 is 0 Å². The van der Waals surface area contributed by atoms with Crippen molar-refractivity contribution in [2.45, 2.75) is 32.5 Å². The van der Waals surface area contributed by atoms with E-state index in [1.165, 1.54) is 16.3 Å². The minimum Gasteiger partial charge on any atom is -0.372 e. The van der Waals surface area contributed by atoms with Crippen LogP contribution in [0.4, 0.5) is 0 Å². The summed E-state index contributed by atoms with van der Waals surface area (Å²) in [5, 5.41) is 10.9.